The van der Waals surface area contributed by atoms with E-state index in [-0.39, 0.29) is 0 Å². The van der Waals surface area contributed by atoms with Crippen LogP contribution in [0.1, 0.15) is 17.7 Å². The molecule has 10 aromatic rings. The first-order chi connectivity index (χ1) is 25.8. The molecule has 0 radical (unpaired) electrons. The summed E-state index contributed by atoms with van der Waals surface area (Å²) < 4.78 is 4.82. The van der Waals surface area contributed by atoms with Crippen molar-refractivity contribution in [2.45, 2.75) is 12.8 Å². The van der Waals surface area contributed by atoms with Crippen molar-refractivity contribution in [1.29, 1.82) is 0 Å². The minimum atomic E-state index is 1.01. The lowest BCUT2D eigenvalue weighted by Gasteiger charge is -2.11. The molecule has 3 heterocycles. The zero-order valence-corrected chi connectivity index (χ0v) is 28.5. The molecule has 0 aliphatic heterocycles. The number of para-hydroxylation sites is 3. The molecule has 1 aliphatic rings. The van der Waals surface area contributed by atoms with Crippen molar-refractivity contribution < 1.29 is 0 Å². The van der Waals surface area contributed by atoms with E-state index in [9.17, 15) is 0 Å². The second-order valence-electron chi connectivity index (χ2n) is 13.9. The second-order valence-corrected chi connectivity index (χ2v) is 13.9. The zero-order chi connectivity index (χ0) is 34.2. The summed E-state index contributed by atoms with van der Waals surface area (Å²) in [7, 11) is 0. The molecule has 0 saturated heterocycles. The lowest BCUT2D eigenvalue weighted by Crippen LogP contribution is -1.99. The van der Waals surface area contributed by atoms with Crippen molar-refractivity contribution in [1.82, 2.24) is 14.1 Å². The van der Waals surface area contributed by atoms with Gasteiger partial charge in [-0.05, 0) is 108 Å². The molecule has 7 aromatic carbocycles. The van der Waals surface area contributed by atoms with E-state index in [1.54, 1.807) is 0 Å². The third kappa shape index (κ3) is 4.36. The van der Waals surface area contributed by atoms with E-state index in [1.807, 2.05) is 0 Å². The van der Waals surface area contributed by atoms with E-state index >= 15 is 0 Å². The number of fused-ring (bicyclic) bond motifs is 9. The fraction of sp³-hybridized carbons (Fsp3) is 0.0408. The van der Waals surface area contributed by atoms with Gasteiger partial charge in [-0.1, -0.05) is 103 Å². The normalized spacial score (nSPS) is 12.8. The highest BCUT2D eigenvalue weighted by Crippen LogP contribution is 2.41. The van der Waals surface area contributed by atoms with Gasteiger partial charge in [0, 0.05) is 49.6 Å². The van der Waals surface area contributed by atoms with Gasteiger partial charge in [-0.3, -0.25) is 0 Å². The molecule has 244 valence electrons. The van der Waals surface area contributed by atoms with E-state index < -0.39 is 0 Å². The van der Waals surface area contributed by atoms with Gasteiger partial charge in [-0.25, -0.2) is 4.98 Å². The average Bonchev–Trinajstić information content (AvgIpc) is 3.73. The molecule has 3 heteroatoms. The third-order valence-corrected chi connectivity index (χ3v) is 11.0. The predicted octanol–water partition coefficient (Wildman–Crippen LogP) is 12.7. The Balaban J connectivity index is 1.14. The van der Waals surface area contributed by atoms with Crippen molar-refractivity contribution in [3.8, 4) is 33.8 Å². The first-order valence-electron chi connectivity index (χ1n) is 18.1. The largest absolute Gasteiger partial charge is 0.310 e. The van der Waals surface area contributed by atoms with Crippen LogP contribution in [0.25, 0.3) is 94.2 Å². The van der Waals surface area contributed by atoms with E-state index in [0.29, 0.717) is 0 Å². The standard InChI is InChI=1S/C49H33N3/c1-3-13-35(14-4-1)51-45-22-12-10-19-39(45)41-29-32(23-26-46(41)51)33-24-27-47-42(30-33)43-31-34(25-28-48(43)52(47)36-15-5-2-6-16-36)49-40-20-8-7-17-37(40)38-18-9-11-21-44(38)50-49/h1-9,11-18,20-31H,10,19H2. The highest BCUT2D eigenvalue weighted by molar-refractivity contribution is 6.14. The molecule has 52 heavy (non-hydrogen) atoms. The second kappa shape index (κ2) is 11.4. The molecule has 0 fully saturated rings. The Bertz CT molecular complexity index is 3050. The molecule has 1 aliphatic carbocycles. The minimum absolute atomic E-state index is 1.01. The van der Waals surface area contributed by atoms with Gasteiger partial charge >= 0.3 is 0 Å². The predicted molar refractivity (Wildman–Crippen MR) is 219 cm³/mol. The SMILES string of the molecule is C1=Cc2c(c3cc(-c4ccc5c(c4)c4cc(-c6nc7ccccc7c7ccccc67)ccc4n5-c4ccccc4)ccc3n2-c2ccccc2)CC1. The molecule has 0 atom stereocenters. The molecular formula is C49H33N3. The van der Waals surface area contributed by atoms with Crippen LogP contribution in [0.2, 0.25) is 0 Å². The monoisotopic (exact) mass is 663 g/mol. The Labute approximate surface area is 301 Å². The van der Waals surface area contributed by atoms with Gasteiger partial charge in [-0.2, -0.15) is 0 Å². The molecule has 3 aromatic heterocycles. The lowest BCUT2D eigenvalue weighted by atomic mass is 9.96. The van der Waals surface area contributed by atoms with Gasteiger partial charge < -0.3 is 9.13 Å². The summed E-state index contributed by atoms with van der Waals surface area (Å²) in [6.45, 7) is 0. The molecule has 0 amide bonds. The van der Waals surface area contributed by atoms with Gasteiger partial charge in [0.05, 0.1) is 27.8 Å². The van der Waals surface area contributed by atoms with E-state index in [2.05, 4.69) is 185 Å². The van der Waals surface area contributed by atoms with Gasteiger partial charge in [0.2, 0.25) is 0 Å². The van der Waals surface area contributed by atoms with Gasteiger partial charge in [0.25, 0.3) is 0 Å². The number of benzene rings is 7. The minimum Gasteiger partial charge on any atom is -0.310 e. The Hall–Kier alpha value is -6.71. The Morgan fingerprint density at radius 2 is 0.962 bits per heavy atom. The van der Waals surface area contributed by atoms with Crippen LogP contribution >= 0.6 is 0 Å². The summed E-state index contributed by atoms with van der Waals surface area (Å²) >= 11 is 0. The van der Waals surface area contributed by atoms with Crippen molar-refractivity contribution in [2.24, 2.45) is 0 Å². The Kier molecular flexibility index (Phi) is 6.38. The van der Waals surface area contributed by atoms with Gasteiger partial charge in [0.1, 0.15) is 0 Å². The maximum Gasteiger partial charge on any atom is 0.0788 e. The van der Waals surface area contributed by atoms with Crippen LogP contribution < -0.4 is 0 Å². The molecule has 0 bridgehead atoms. The molecule has 0 N–H and O–H groups in total. The first-order valence-corrected chi connectivity index (χ1v) is 18.1. The van der Waals surface area contributed by atoms with Crippen LogP contribution in [0.3, 0.4) is 0 Å². The number of aromatic nitrogens is 3. The summed E-state index contributed by atoms with van der Waals surface area (Å²) in [6, 6.07) is 59.5. The average molecular weight is 664 g/mol. The van der Waals surface area contributed by atoms with Gasteiger partial charge in [0.15, 0.2) is 0 Å². The van der Waals surface area contributed by atoms with E-state index in [4.69, 9.17) is 4.98 Å². The van der Waals surface area contributed by atoms with Crippen LogP contribution in [-0.4, -0.2) is 14.1 Å². The van der Waals surface area contributed by atoms with Crippen molar-refractivity contribution in [2.75, 3.05) is 0 Å². The quantitative estimate of drug-likeness (QED) is 0.172. The summed E-state index contributed by atoms with van der Waals surface area (Å²) in [5, 5.41) is 7.37. The molecular weight excluding hydrogens is 631 g/mol. The number of hydrogen-bond acceptors (Lipinski definition) is 1. The Morgan fingerprint density at radius 3 is 1.67 bits per heavy atom. The first kappa shape index (κ1) is 29.1. The topological polar surface area (TPSA) is 22.8 Å². The van der Waals surface area contributed by atoms with Crippen LogP contribution in [0.15, 0.2) is 170 Å². The molecule has 11 rings (SSSR count). The van der Waals surface area contributed by atoms with Crippen molar-refractivity contribution in [3.63, 3.8) is 0 Å². The van der Waals surface area contributed by atoms with Crippen molar-refractivity contribution in [3.05, 3.63) is 181 Å². The number of nitrogens with zero attached hydrogens (tertiary/aromatic N) is 3. The van der Waals surface area contributed by atoms with Crippen LogP contribution in [0.4, 0.5) is 0 Å². The fourth-order valence-electron chi connectivity index (χ4n) is 8.60. The summed E-state index contributed by atoms with van der Waals surface area (Å²) in [5.41, 5.74) is 14.3. The highest BCUT2D eigenvalue weighted by atomic mass is 15.0. The lowest BCUT2D eigenvalue weighted by molar-refractivity contribution is 0.967. The summed E-state index contributed by atoms with van der Waals surface area (Å²) in [5.74, 6) is 0. The zero-order valence-electron chi connectivity index (χ0n) is 28.5. The Morgan fingerprint density at radius 1 is 0.423 bits per heavy atom. The third-order valence-electron chi connectivity index (χ3n) is 11.0. The van der Waals surface area contributed by atoms with E-state index in [0.717, 1.165) is 35.3 Å². The maximum absolute atomic E-state index is 5.26. The number of aryl methyl sites for hydroxylation is 1. The summed E-state index contributed by atoms with van der Waals surface area (Å²) in [6.07, 6.45) is 6.74. The van der Waals surface area contributed by atoms with E-state index in [1.165, 1.54) is 76.9 Å². The maximum atomic E-state index is 5.26. The van der Waals surface area contributed by atoms with Crippen molar-refractivity contribution >= 4 is 60.5 Å². The van der Waals surface area contributed by atoms with Crippen LogP contribution in [0, 0.1) is 0 Å². The number of rotatable bonds is 4. The van der Waals surface area contributed by atoms with Gasteiger partial charge in [-0.15, -0.1) is 0 Å². The van der Waals surface area contributed by atoms with Crippen LogP contribution in [0.5, 0.6) is 0 Å². The summed E-state index contributed by atoms with van der Waals surface area (Å²) in [4.78, 5) is 5.26. The highest BCUT2D eigenvalue weighted by Gasteiger charge is 2.20. The number of allylic oxidation sites excluding steroid dienone is 1. The molecule has 0 spiro atoms. The number of hydrogen-bond donors (Lipinski definition) is 0. The molecule has 0 unspecified atom stereocenters. The number of pyridine rings is 1. The molecule has 3 nitrogen and oxygen atoms in total. The smallest absolute Gasteiger partial charge is 0.0788 e. The molecule has 0 saturated carbocycles. The fourth-order valence-corrected chi connectivity index (χ4v) is 8.60. The van der Waals surface area contributed by atoms with Crippen LogP contribution in [-0.2, 0) is 6.42 Å².